The summed E-state index contributed by atoms with van der Waals surface area (Å²) in [7, 11) is 0. The second kappa shape index (κ2) is 6.99. The first-order valence-corrected chi connectivity index (χ1v) is 8.72. The van der Waals surface area contributed by atoms with E-state index in [1.807, 2.05) is 24.4 Å². The van der Waals surface area contributed by atoms with Gasteiger partial charge in [0.25, 0.3) is 0 Å². The Balaban J connectivity index is 1.25. The molecule has 3 N–H and O–H groups in total. The van der Waals surface area contributed by atoms with E-state index in [0.29, 0.717) is 12.4 Å². The highest BCUT2D eigenvalue weighted by atomic mass is 16.2. The number of hydrogen-bond acceptors (Lipinski definition) is 4. The number of nitrogens with one attached hydrogen (secondary N) is 3. The van der Waals surface area contributed by atoms with Crippen molar-refractivity contribution >= 4 is 28.5 Å². The molecule has 8 nitrogen and oxygen atoms in total. The largest absolute Gasteiger partial charge is 0.361 e. The third-order valence-electron chi connectivity index (χ3n) is 4.44. The van der Waals surface area contributed by atoms with Crippen LogP contribution in [0.2, 0.25) is 0 Å². The van der Waals surface area contributed by atoms with E-state index in [2.05, 4.69) is 32.0 Å². The van der Waals surface area contributed by atoms with Crippen molar-refractivity contribution in [2.24, 2.45) is 5.92 Å². The van der Waals surface area contributed by atoms with Gasteiger partial charge in [0.05, 0.1) is 6.20 Å². The van der Waals surface area contributed by atoms with Crippen molar-refractivity contribution in [2.45, 2.75) is 25.8 Å². The molecule has 1 saturated carbocycles. The van der Waals surface area contributed by atoms with Crippen LogP contribution in [0.4, 0.5) is 5.82 Å². The number of carbonyl (C=O) groups is 2. The summed E-state index contributed by atoms with van der Waals surface area (Å²) in [4.78, 5) is 27.0. The third-order valence-corrected chi connectivity index (χ3v) is 4.44. The molecule has 2 heterocycles. The fraction of sp³-hybridized carbons (Fsp3) is 0.333. The molecule has 0 atom stereocenters. The number of nitrogens with zero attached hydrogens (tertiary/aromatic N) is 3. The van der Waals surface area contributed by atoms with E-state index in [1.165, 1.54) is 15.6 Å². The van der Waals surface area contributed by atoms with Gasteiger partial charge in [-0.2, -0.15) is 0 Å². The molecule has 2 amide bonds. The Morgan fingerprint density at radius 2 is 2.12 bits per heavy atom. The standard InChI is InChI=1S/C18H20N6O2/c25-17(11-24-10-16(22-23-24)21-18(26)12-5-6-12)19-8-7-13-9-20-15-4-2-1-3-14(13)15/h1-4,9-10,12,20H,5-8,11H2,(H,19,25)(H,21,26). The van der Waals surface area contributed by atoms with E-state index in [1.54, 1.807) is 6.20 Å². The molecule has 134 valence electrons. The molecule has 1 aromatic carbocycles. The van der Waals surface area contributed by atoms with E-state index >= 15 is 0 Å². The molecule has 1 fully saturated rings. The number of H-pyrrole nitrogens is 1. The third kappa shape index (κ3) is 3.74. The molecule has 8 heteroatoms. The number of aromatic amines is 1. The highest BCUT2D eigenvalue weighted by Crippen LogP contribution is 2.29. The lowest BCUT2D eigenvalue weighted by Gasteiger charge is -2.04. The van der Waals surface area contributed by atoms with Crippen molar-refractivity contribution in [3.63, 3.8) is 0 Å². The van der Waals surface area contributed by atoms with Crippen LogP contribution in [0.15, 0.2) is 36.7 Å². The van der Waals surface area contributed by atoms with Crippen LogP contribution >= 0.6 is 0 Å². The highest BCUT2D eigenvalue weighted by Gasteiger charge is 2.30. The normalized spacial score (nSPS) is 13.7. The minimum atomic E-state index is -0.144. The van der Waals surface area contributed by atoms with Crippen molar-refractivity contribution in [1.82, 2.24) is 25.3 Å². The maximum absolute atomic E-state index is 12.1. The zero-order valence-electron chi connectivity index (χ0n) is 14.2. The summed E-state index contributed by atoms with van der Waals surface area (Å²) in [6.07, 6.45) is 6.15. The van der Waals surface area contributed by atoms with E-state index in [9.17, 15) is 9.59 Å². The molecular formula is C18H20N6O2. The van der Waals surface area contributed by atoms with Crippen LogP contribution in [0.1, 0.15) is 18.4 Å². The number of carbonyl (C=O) groups excluding carboxylic acids is 2. The predicted octanol–water partition coefficient (Wildman–Crippen LogP) is 1.47. The van der Waals surface area contributed by atoms with Gasteiger partial charge in [-0.05, 0) is 30.9 Å². The van der Waals surface area contributed by atoms with Gasteiger partial charge in [-0.25, -0.2) is 4.68 Å². The van der Waals surface area contributed by atoms with Crippen molar-refractivity contribution < 1.29 is 9.59 Å². The zero-order valence-corrected chi connectivity index (χ0v) is 14.2. The summed E-state index contributed by atoms with van der Waals surface area (Å²) in [5.41, 5.74) is 2.27. The SMILES string of the molecule is O=C(Cn1cc(NC(=O)C2CC2)nn1)NCCc1c[nH]c2ccccc12. The molecule has 3 aromatic rings. The number of hydrogen-bond donors (Lipinski definition) is 3. The number of amides is 2. The molecular weight excluding hydrogens is 332 g/mol. The Bertz CT molecular complexity index is 940. The highest BCUT2D eigenvalue weighted by molar-refractivity contribution is 5.93. The Labute approximate surface area is 150 Å². The van der Waals surface area contributed by atoms with Gasteiger partial charge < -0.3 is 15.6 Å². The molecule has 1 aliphatic rings. The molecule has 2 aromatic heterocycles. The molecule has 0 saturated heterocycles. The van der Waals surface area contributed by atoms with Crippen LogP contribution in [-0.2, 0) is 22.6 Å². The predicted molar refractivity (Wildman–Crippen MR) is 96.4 cm³/mol. The number of aromatic nitrogens is 4. The second-order valence-corrected chi connectivity index (χ2v) is 6.52. The minimum Gasteiger partial charge on any atom is -0.361 e. The molecule has 0 unspecified atom stereocenters. The second-order valence-electron chi connectivity index (χ2n) is 6.52. The topological polar surface area (TPSA) is 105 Å². The molecule has 26 heavy (non-hydrogen) atoms. The van der Waals surface area contributed by atoms with Gasteiger partial charge in [-0.1, -0.05) is 23.4 Å². The molecule has 0 radical (unpaired) electrons. The lowest BCUT2D eigenvalue weighted by atomic mass is 10.1. The van der Waals surface area contributed by atoms with Gasteiger partial charge >= 0.3 is 0 Å². The smallest absolute Gasteiger partial charge is 0.241 e. The molecule has 0 spiro atoms. The van der Waals surface area contributed by atoms with Crippen LogP contribution < -0.4 is 10.6 Å². The van der Waals surface area contributed by atoms with Crippen molar-refractivity contribution in [3.8, 4) is 0 Å². The fourth-order valence-electron chi connectivity index (χ4n) is 2.88. The van der Waals surface area contributed by atoms with Crippen molar-refractivity contribution in [3.05, 3.63) is 42.2 Å². The van der Waals surface area contributed by atoms with Crippen LogP contribution in [0, 0.1) is 5.92 Å². The first-order valence-electron chi connectivity index (χ1n) is 8.72. The van der Waals surface area contributed by atoms with Gasteiger partial charge in [0.2, 0.25) is 11.8 Å². The van der Waals surface area contributed by atoms with Crippen molar-refractivity contribution in [2.75, 3.05) is 11.9 Å². The zero-order chi connectivity index (χ0) is 17.9. The summed E-state index contributed by atoms with van der Waals surface area (Å²) in [6.45, 7) is 0.612. The average molecular weight is 352 g/mol. The Morgan fingerprint density at radius 1 is 1.27 bits per heavy atom. The van der Waals surface area contributed by atoms with Crippen molar-refractivity contribution in [1.29, 1.82) is 0 Å². The van der Waals surface area contributed by atoms with Gasteiger partial charge in [0.15, 0.2) is 5.82 Å². The van der Waals surface area contributed by atoms with E-state index in [0.717, 1.165) is 24.8 Å². The van der Waals surface area contributed by atoms with Gasteiger partial charge in [0, 0.05) is 29.6 Å². The Hall–Kier alpha value is -3.16. The minimum absolute atomic E-state index is 0.0276. The molecule has 0 aliphatic heterocycles. The molecule has 0 bridgehead atoms. The lowest BCUT2D eigenvalue weighted by Crippen LogP contribution is -2.29. The summed E-state index contributed by atoms with van der Waals surface area (Å²) in [5, 5.41) is 14.5. The van der Waals surface area contributed by atoms with Crippen LogP contribution in [0.3, 0.4) is 0 Å². The summed E-state index contributed by atoms with van der Waals surface area (Å²) >= 11 is 0. The quantitative estimate of drug-likeness (QED) is 0.599. The van der Waals surface area contributed by atoms with E-state index < -0.39 is 0 Å². The van der Waals surface area contributed by atoms with E-state index in [-0.39, 0.29) is 24.3 Å². The summed E-state index contributed by atoms with van der Waals surface area (Å²) in [6, 6.07) is 8.09. The molecule has 1 aliphatic carbocycles. The van der Waals surface area contributed by atoms with Crippen LogP contribution in [0.5, 0.6) is 0 Å². The monoisotopic (exact) mass is 352 g/mol. The van der Waals surface area contributed by atoms with Gasteiger partial charge in [0.1, 0.15) is 6.54 Å². The number of fused-ring (bicyclic) bond motifs is 1. The maximum Gasteiger partial charge on any atom is 0.241 e. The Kier molecular flexibility index (Phi) is 4.39. The maximum atomic E-state index is 12.1. The Morgan fingerprint density at radius 3 is 2.96 bits per heavy atom. The van der Waals surface area contributed by atoms with E-state index in [4.69, 9.17) is 0 Å². The number of anilines is 1. The summed E-state index contributed by atoms with van der Waals surface area (Å²) in [5.74, 6) is 0.316. The molecule has 4 rings (SSSR count). The number of para-hydroxylation sites is 1. The average Bonchev–Trinajstić information content (AvgIpc) is 3.29. The first kappa shape index (κ1) is 16.3. The van der Waals surface area contributed by atoms with Crippen LogP contribution in [-0.4, -0.2) is 38.3 Å². The lowest BCUT2D eigenvalue weighted by molar-refractivity contribution is -0.121. The number of rotatable bonds is 7. The van der Waals surface area contributed by atoms with Crippen LogP contribution in [0.25, 0.3) is 10.9 Å². The summed E-state index contributed by atoms with van der Waals surface area (Å²) < 4.78 is 1.42. The first-order chi connectivity index (χ1) is 12.7. The van der Waals surface area contributed by atoms with Gasteiger partial charge in [-0.3, -0.25) is 9.59 Å². The van der Waals surface area contributed by atoms with Gasteiger partial charge in [-0.15, -0.1) is 5.10 Å². The number of benzene rings is 1. The fourth-order valence-corrected chi connectivity index (χ4v) is 2.88.